The van der Waals surface area contributed by atoms with E-state index in [-0.39, 0.29) is 29.7 Å². The van der Waals surface area contributed by atoms with Crippen LogP contribution in [-0.4, -0.2) is 33.4 Å². The first-order valence-electron chi connectivity index (χ1n) is 8.77. The van der Waals surface area contributed by atoms with E-state index in [9.17, 15) is 22.4 Å². The first-order chi connectivity index (χ1) is 13.6. The molecule has 0 aliphatic carbocycles. The number of alkyl halides is 3. The Bertz CT molecular complexity index is 956. The standard InChI is InChI=1S/C19H19F4N5O/c1-10-6-16(27-18-25-7-12(20)8-26-18)15(24)9-28(10)17(29)13-4-3-5-14(11(13)2)19(21,22)23/h3-5,7-8,10H,6,9,24H2,1-2H3,(H,25,26,27). The van der Waals surface area contributed by atoms with Crippen LogP contribution in [0, 0.1) is 12.7 Å². The molecule has 0 spiro atoms. The number of hydrogen-bond donors (Lipinski definition) is 2. The van der Waals surface area contributed by atoms with Gasteiger partial charge < -0.3 is 16.0 Å². The van der Waals surface area contributed by atoms with Crippen molar-refractivity contribution in [1.29, 1.82) is 0 Å². The Morgan fingerprint density at radius 2 is 1.93 bits per heavy atom. The molecule has 0 fully saturated rings. The van der Waals surface area contributed by atoms with Crippen LogP contribution in [0.1, 0.15) is 34.8 Å². The predicted octanol–water partition coefficient (Wildman–Crippen LogP) is 3.46. The Kier molecular flexibility index (Phi) is 5.45. The first kappa shape index (κ1) is 20.6. The van der Waals surface area contributed by atoms with Gasteiger partial charge in [0.15, 0.2) is 5.82 Å². The van der Waals surface area contributed by atoms with Gasteiger partial charge in [0.25, 0.3) is 5.91 Å². The fourth-order valence-electron chi connectivity index (χ4n) is 3.22. The van der Waals surface area contributed by atoms with Gasteiger partial charge in [0, 0.05) is 29.4 Å². The number of amides is 1. The molecule has 1 unspecified atom stereocenters. The van der Waals surface area contributed by atoms with Crippen LogP contribution in [-0.2, 0) is 6.18 Å². The van der Waals surface area contributed by atoms with Crippen molar-refractivity contribution < 1.29 is 22.4 Å². The Labute approximate surface area is 164 Å². The molecular formula is C19H19F4N5O. The highest BCUT2D eigenvalue weighted by Gasteiger charge is 2.35. The van der Waals surface area contributed by atoms with Crippen LogP contribution < -0.4 is 11.1 Å². The van der Waals surface area contributed by atoms with Crippen LogP contribution in [0.4, 0.5) is 23.5 Å². The maximum atomic E-state index is 13.2. The zero-order chi connectivity index (χ0) is 21.3. The summed E-state index contributed by atoms with van der Waals surface area (Å²) in [5.41, 5.74) is 6.00. The molecule has 2 aromatic rings. The summed E-state index contributed by atoms with van der Waals surface area (Å²) >= 11 is 0. The minimum Gasteiger partial charge on any atom is -0.399 e. The smallest absolute Gasteiger partial charge is 0.399 e. The average Bonchev–Trinajstić information content (AvgIpc) is 2.65. The van der Waals surface area contributed by atoms with Gasteiger partial charge in [-0.25, -0.2) is 14.4 Å². The van der Waals surface area contributed by atoms with Crippen molar-refractivity contribution in [2.45, 2.75) is 32.5 Å². The number of rotatable bonds is 3. The molecule has 0 saturated carbocycles. The third kappa shape index (κ3) is 4.30. The van der Waals surface area contributed by atoms with Crippen molar-refractivity contribution in [2.75, 3.05) is 11.9 Å². The molecule has 1 aliphatic rings. The zero-order valence-corrected chi connectivity index (χ0v) is 15.7. The lowest BCUT2D eigenvalue weighted by Gasteiger charge is -2.35. The Morgan fingerprint density at radius 1 is 1.28 bits per heavy atom. The van der Waals surface area contributed by atoms with Crippen LogP contribution in [0.15, 0.2) is 42.0 Å². The first-order valence-corrected chi connectivity index (χ1v) is 8.77. The molecule has 0 radical (unpaired) electrons. The number of carbonyl (C=O) groups is 1. The molecule has 154 valence electrons. The van der Waals surface area contributed by atoms with Gasteiger partial charge in [-0.15, -0.1) is 0 Å². The van der Waals surface area contributed by atoms with E-state index >= 15 is 0 Å². The summed E-state index contributed by atoms with van der Waals surface area (Å²) in [5.74, 6) is -0.950. The Morgan fingerprint density at radius 3 is 2.55 bits per heavy atom. The zero-order valence-electron chi connectivity index (χ0n) is 15.7. The highest BCUT2D eigenvalue weighted by molar-refractivity contribution is 5.96. The van der Waals surface area contributed by atoms with E-state index in [0.717, 1.165) is 18.5 Å². The molecule has 10 heteroatoms. The fourth-order valence-corrected chi connectivity index (χ4v) is 3.22. The number of benzene rings is 1. The lowest BCUT2D eigenvalue weighted by molar-refractivity contribution is -0.138. The molecule has 2 heterocycles. The van der Waals surface area contributed by atoms with Gasteiger partial charge in [-0.1, -0.05) is 6.07 Å². The normalized spacial score (nSPS) is 17.4. The van der Waals surface area contributed by atoms with E-state index in [4.69, 9.17) is 5.73 Å². The Hall–Kier alpha value is -3.17. The molecule has 0 saturated heterocycles. The maximum absolute atomic E-state index is 13.2. The van der Waals surface area contributed by atoms with E-state index in [1.165, 1.54) is 24.0 Å². The van der Waals surface area contributed by atoms with Crippen LogP contribution in [0.25, 0.3) is 0 Å². The van der Waals surface area contributed by atoms with Crippen molar-refractivity contribution >= 4 is 11.9 Å². The average molecular weight is 409 g/mol. The molecule has 3 rings (SSSR count). The van der Waals surface area contributed by atoms with Crippen LogP contribution in [0.5, 0.6) is 0 Å². The van der Waals surface area contributed by atoms with E-state index in [2.05, 4.69) is 15.3 Å². The molecule has 3 N–H and O–H groups in total. The molecule has 1 aromatic carbocycles. The van der Waals surface area contributed by atoms with Gasteiger partial charge in [0.05, 0.1) is 24.5 Å². The summed E-state index contributed by atoms with van der Waals surface area (Å²) in [6.07, 6.45) is -2.22. The summed E-state index contributed by atoms with van der Waals surface area (Å²) in [6, 6.07) is 3.20. The van der Waals surface area contributed by atoms with E-state index in [1.54, 1.807) is 6.92 Å². The van der Waals surface area contributed by atoms with Crippen molar-refractivity contribution in [2.24, 2.45) is 5.73 Å². The van der Waals surface area contributed by atoms with Crippen molar-refractivity contribution in [3.05, 3.63) is 64.5 Å². The number of hydrogen-bond acceptors (Lipinski definition) is 5. The monoisotopic (exact) mass is 409 g/mol. The molecule has 0 bridgehead atoms. The van der Waals surface area contributed by atoms with Crippen molar-refractivity contribution in [3.8, 4) is 0 Å². The molecule has 1 aliphatic heterocycles. The van der Waals surface area contributed by atoms with Crippen LogP contribution in [0.3, 0.4) is 0 Å². The highest BCUT2D eigenvalue weighted by Crippen LogP contribution is 2.34. The minimum absolute atomic E-state index is 0.0160. The molecule has 1 atom stereocenters. The van der Waals surface area contributed by atoms with E-state index < -0.39 is 23.5 Å². The second-order valence-corrected chi connectivity index (χ2v) is 6.82. The van der Waals surface area contributed by atoms with Gasteiger partial charge in [0.2, 0.25) is 5.95 Å². The van der Waals surface area contributed by atoms with Crippen LogP contribution >= 0.6 is 0 Å². The maximum Gasteiger partial charge on any atom is 0.416 e. The lowest BCUT2D eigenvalue weighted by Crippen LogP contribution is -2.46. The molecule has 29 heavy (non-hydrogen) atoms. The second-order valence-electron chi connectivity index (χ2n) is 6.82. The topological polar surface area (TPSA) is 84.1 Å². The predicted molar refractivity (Wildman–Crippen MR) is 98.1 cm³/mol. The van der Waals surface area contributed by atoms with Gasteiger partial charge in [-0.3, -0.25) is 4.79 Å². The SMILES string of the molecule is Cc1c(C(=O)N2CC(N)=C(Nc3ncc(F)cn3)CC2C)cccc1C(F)(F)F. The number of carbonyl (C=O) groups excluding carboxylic acids is 1. The van der Waals surface area contributed by atoms with Gasteiger partial charge in [-0.2, -0.15) is 13.2 Å². The molecule has 1 amide bonds. The summed E-state index contributed by atoms with van der Waals surface area (Å²) in [6.45, 7) is 3.07. The van der Waals surface area contributed by atoms with Crippen molar-refractivity contribution in [1.82, 2.24) is 14.9 Å². The van der Waals surface area contributed by atoms with Gasteiger partial charge in [0.1, 0.15) is 0 Å². The minimum atomic E-state index is -4.54. The number of halogens is 4. The van der Waals surface area contributed by atoms with E-state index in [1.807, 2.05) is 0 Å². The summed E-state index contributed by atoms with van der Waals surface area (Å²) in [4.78, 5) is 22.0. The quantitative estimate of drug-likeness (QED) is 0.759. The summed E-state index contributed by atoms with van der Waals surface area (Å²) in [7, 11) is 0. The molecule has 6 nitrogen and oxygen atoms in total. The summed E-state index contributed by atoms with van der Waals surface area (Å²) in [5, 5.41) is 2.91. The third-order valence-electron chi connectivity index (χ3n) is 4.77. The van der Waals surface area contributed by atoms with Crippen LogP contribution in [0.2, 0.25) is 0 Å². The third-order valence-corrected chi connectivity index (χ3v) is 4.77. The van der Waals surface area contributed by atoms with Gasteiger partial charge >= 0.3 is 6.18 Å². The number of aromatic nitrogens is 2. The highest BCUT2D eigenvalue weighted by atomic mass is 19.4. The van der Waals surface area contributed by atoms with E-state index in [0.29, 0.717) is 17.8 Å². The summed E-state index contributed by atoms with van der Waals surface area (Å²) < 4.78 is 52.4. The number of nitrogens with two attached hydrogens (primary N) is 1. The molecule has 1 aromatic heterocycles. The second kappa shape index (κ2) is 7.69. The lowest BCUT2D eigenvalue weighted by atomic mass is 9.98. The van der Waals surface area contributed by atoms with Gasteiger partial charge in [-0.05, 0) is 31.5 Å². The van der Waals surface area contributed by atoms with Crippen molar-refractivity contribution in [3.63, 3.8) is 0 Å². The largest absolute Gasteiger partial charge is 0.416 e. The number of nitrogens with zero attached hydrogens (tertiary/aromatic N) is 3. The fraction of sp³-hybridized carbons (Fsp3) is 0.316. The number of nitrogens with one attached hydrogen (secondary N) is 1. The molecular weight excluding hydrogens is 390 g/mol. The number of anilines is 1. The Balaban J connectivity index is 1.83.